The van der Waals surface area contributed by atoms with Gasteiger partial charge in [-0.3, -0.25) is 4.79 Å². The van der Waals surface area contributed by atoms with Gasteiger partial charge in [-0.1, -0.05) is 0 Å². The molecule has 5 heteroatoms. The average Bonchev–Trinajstić information content (AvgIpc) is 2.74. The van der Waals surface area contributed by atoms with Crippen LogP contribution >= 0.6 is 0 Å². The van der Waals surface area contributed by atoms with Crippen molar-refractivity contribution in [3.05, 3.63) is 17.2 Å². The fraction of sp³-hybridized carbons (Fsp3) is 0.714. The number of fused-ring (bicyclic) bond motifs is 1. The van der Waals surface area contributed by atoms with E-state index in [-0.39, 0.29) is 5.91 Å². The zero-order chi connectivity index (χ0) is 13.4. The summed E-state index contributed by atoms with van der Waals surface area (Å²) in [6.45, 7) is 7.49. The van der Waals surface area contributed by atoms with Gasteiger partial charge < -0.3 is 14.8 Å². The molecule has 3 heterocycles. The Bertz CT molecular complexity index is 486. The van der Waals surface area contributed by atoms with Gasteiger partial charge in [0.1, 0.15) is 5.82 Å². The van der Waals surface area contributed by atoms with Gasteiger partial charge in [0.25, 0.3) is 0 Å². The number of rotatable bonds is 1. The fourth-order valence-electron chi connectivity index (χ4n) is 3.37. The molecule has 0 saturated carbocycles. The topological polar surface area (TPSA) is 50.2 Å². The highest BCUT2D eigenvalue weighted by Crippen LogP contribution is 2.28. The van der Waals surface area contributed by atoms with Crippen LogP contribution in [0.2, 0.25) is 0 Å². The van der Waals surface area contributed by atoms with Crippen molar-refractivity contribution in [2.45, 2.75) is 45.7 Å². The van der Waals surface area contributed by atoms with E-state index in [1.807, 2.05) is 4.90 Å². The molecule has 2 aliphatic heterocycles. The molecule has 104 valence electrons. The molecule has 1 aromatic heterocycles. The Morgan fingerprint density at radius 2 is 2.11 bits per heavy atom. The molecule has 1 saturated heterocycles. The molecule has 0 atom stereocenters. The van der Waals surface area contributed by atoms with E-state index in [2.05, 4.69) is 16.8 Å². The van der Waals surface area contributed by atoms with Gasteiger partial charge in [-0.15, -0.1) is 0 Å². The second-order valence-electron chi connectivity index (χ2n) is 5.59. The van der Waals surface area contributed by atoms with Crippen molar-refractivity contribution < 1.29 is 4.79 Å². The Labute approximate surface area is 114 Å². The lowest BCUT2D eigenvalue weighted by atomic mass is 10.0. The Kier molecular flexibility index (Phi) is 3.31. The number of carbonyl (C=O) groups excluding carboxylic acids is 1. The third kappa shape index (κ3) is 2.27. The van der Waals surface area contributed by atoms with Crippen molar-refractivity contribution in [3.8, 4) is 0 Å². The number of aromatic nitrogens is 2. The van der Waals surface area contributed by atoms with Crippen LogP contribution in [0, 0.1) is 6.92 Å². The first-order valence-electron chi connectivity index (χ1n) is 7.19. The molecule has 1 aromatic rings. The van der Waals surface area contributed by atoms with Crippen LogP contribution in [-0.2, 0) is 17.8 Å². The number of aryl methyl sites for hydroxylation is 1. The van der Waals surface area contributed by atoms with Crippen molar-refractivity contribution >= 4 is 5.91 Å². The van der Waals surface area contributed by atoms with Crippen molar-refractivity contribution in [1.29, 1.82) is 0 Å². The number of nitrogens with one attached hydrogen (secondary N) is 1. The molecule has 0 aromatic carbocycles. The van der Waals surface area contributed by atoms with Gasteiger partial charge in [0.15, 0.2) is 0 Å². The predicted octanol–water partition coefficient (Wildman–Crippen LogP) is 1.02. The van der Waals surface area contributed by atoms with E-state index in [0.717, 1.165) is 51.3 Å². The molecule has 0 unspecified atom stereocenters. The van der Waals surface area contributed by atoms with E-state index in [1.54, 1.807) is 6.92 Å². The van der Waals surface area contributed by atoms with Gasteiger partial charge in [0, 0.05) is 45.6 Å². The van der Waals surface area contributed by atoms with Crippen LogP contribution in [0.25, 0.3) is 0 Å². The normalized spacial score (nSPS) is 20.4. The summed E-state index contributed by atoms with van der Waals surface area (Å²) in [4.78, 5) is 18.1. The molecule has 0 spiro atoms. The molecule has 0 aliphatic carbocycles. The first kappa shape index (κ1) is 12.7. The summed E-state index contributed by atoms with van der Waals surface area (Å²) in [5.41, 5.74) is 2.63. The molecule has 1 N–H and O–H groups in total. The van der Waals surface area contributed by atoms with Gasteiger partial charge >= 0.3 is 0 Å². The van der Waals surface area contributed by atoms with Crippen molar-refractivity contribution in [2.24, 2.45) is 0 Å². The van der Waals surface area contributed by atoms with E-state index in [1.165, 1.54) is 11.4 Å². The SMILES string of the molecule is CC(=O)N1CCC(n2c(C)nc3c2CNCC3)CC1. The van der Waals surface area contributed by atoms with E-state index in [4.69, 9.17) is 4.98 Å². The van der Waals surface area contributed by atoms with Crippen LogP contribution in [0.15, 0.2) is 0 Å². The standard InChI is InChI=1S/C14H22N4O/c1-10-16-13-3-6-15-9-14(13)18(10)12-4-7-17(8-5-12)11(2)19/h12,15H,3-9H2,1-2H3. The molecule has 19 heavy (non-hydrogen) atoms. The highest BCUT2D eigenvalue weighted by atomic mass is 16.2. The van der Waals surface area contributed by atoms with Gasteiger partial charge in [-0.05, 0) is 19.8 Å². The van der Waals surface area contributed by atoms with Gasteiger partial charge in [0.05, 0.1) is 11.4 Å². The molecule has 5 nitrogen and oxygen atoms in total. The summed E-state index contributed by atoms with van der Waals surface area (Å²) in [7, 11) is 0. The van der Waals surface area contributed by atoms with Crippen molar-refractivity contribution in [3.63, 3.8) is 0 Å². The molecule has 1 fully saturated rings. The molecule has 2 aliphatic rings. The van der Waals surface area contributed by atoms with E-state index in [0.29, 0.717) is 6.04 Å². The zero-order valence-electron chi connectivity index (χ0n) is 11.8. The van der Waals surface area contributed by atoms with Crippen LogP contribution in [0.4, 0.5) is 0 Å². The highest BCUT2D eigenvalue weighted by molar-refractivity contribution is 5.73. The molecule has 0 radical (unpaired) electrons. The highest BCUT2D eigenvalue weighted by Gasteiger charge is 2.27. The summed E-state index contributed by atoms with van der Waals surface area (Å²) >= 11 is 0. The molecular formula is C14H22N4O. The number of piperidine rings is 1. The monoisotopic (exact) mass is 262 g/mol. The molecule has 1 amide bonds. The maximum Gasteiger partial charge on any atom is 0.219 e. The predicted molar refractivity (Wildman–Crippen MR) is 72.9 cm³/mol. The minimum atomic E-state index is 0.199. The summed E-state index contributed by atoms with van der Waals surface area (Å²) < 4.78 is 2.42. The Hall–Kier alpha value is -1.36. The van der Waals surface area contributed by atoms with Gasteiger partial charge in [-0.2, -0.15) is 0 Å². The third-order valence-electron chi connectivity index (χ3n) is 4.38. The lowest BCUT2D eigenvalue weighted by Gasteiger charge is -2.33. The number of amides is 1. The van der Waals surface area contributed by atoms with Gasteiger partial charge in [0.2, 0.25) is 5.91 Å². The summed E-state index contributed by atoms with van der Waals surface area (Å²) in [5, 5.41) is 3.44. The van der Waals surface area contributed by atoms with Crippen LogP contribution in [0.1, 0.15) is 43.0 Å². The number of imidazole rings is 1. The van der Waals surface area contributed by atoms with Crippen LogP contribution in [0.5, 0.6) is 0 Å². The molecular weight excluding hydrogens is 240 g/mol. The summed E-state index contributed by atoms with van der Waals surface area (Å²) in [6.07, 6.45) is 3.13. The Morgan fingerprint density at radius 3 is 2.79 bits per heavy atom. The first-order valence-corrected chi connectivity index (χ1v) is 7.19. The van der Waals surface area contributed by atoms with Gasteiger partial charge in [-0.25, -0.2) is 4.98 Å². The van der Waals surface area contributed by atoms with E-state index < -0.39 is 0 Å². The number of nitrogens with zero attached hydrogens (tertiary/aromatic N) is 3. The Morgan fingerprint density at radius 1 is 1.37 bits per heavy atom. The minimum Gasteiger partial charge on any atom is -0.343 e. The van der Waals surface area contributed by atoms with Crippen molar-refractivity contribution in [2.75, 3.05) is 19.6 Å². The minimum absolute atomic E-state index is 0.199. The summed E-state index contributed by atoms with van der Waals surface area (Å²) in [5.74, 6) is 1.33. The average molecular weight is 262 g/mol. The molecule has 3 rings (SSSR count). The van der Waals surface area contributed by atoms with Crippen LogP contribution in [-0.4, -0.2) is 40.0 Å². The number of hydrogen-bond acceptors (Lipinski definition) is 3. The quantitative estimate of drug-likeness (QED) is 0.822. The first-order chi connectivity index (χ1) is 9.16. The van der Waals surface area contributed by atoms with Crippen LogP contribution in [0.3, 0.4) is 0 Å². The second kappa shape index (κ2) is 4.96. The number of hydrogen-bond donors (Lipinski definition) is 1. The number of likely N-dealkylation sites (tertiary alicyclic amines) is 1. The van der Waals surface area contributed by atoms with Crippen LogP contribution < -0.4 is 5.32 Å². The van der Waals surface area contributed by atoms with E-state index in [9.17, 15) is 4.79 Å². The van der Waals surface area contributed by atoms with Crippen molar-refractivity contribution in [1.82, 2.24) is 19.8 Å². The van der Waals surface area contributed by atoms with E-state index >= 15 is 0 Å². The fourth-order valence-corrected chi connectivity index (χ4v) is 3.37. The maximum absolute atomic E-state index is 11.4. The zero-order valence-corrected chi connectivity index (χ0v) is 11.8. The maximum atomic E-state index is 11.4. The summed E-state index contributed by atoms with van der Waals surface area (Å²) in [6, 6.07) is 0.506. The second-order valence-corrected chi connectivity index (χ2v) is 5.59. The Balaban J connectivity index is 1.80. The number of carbonyl (C=O) groups is 1. The lowest BCUT2D eigenvalue weighted by Crippen LogP contribution is -2.38. The smallest absolute Gasteiger partial charge is 0.219 e. The lowest BCUT2D eigenvalue weighted by molar-refractivity contribution is -0.130. The largest absolute Gasteiger partial charge is 0.343 e. The third-order valence-corrected chi connectivity index (χ3v) is 4.38. The molecule has 0 bridgehead atoms.